The van der Waals surface area contributed by atoms with Crippen LogP contribution in [0.1, 0.15) is 5.56 Å². The third-order valence-corrected chi connectivity index (χ3v) is 4.09. The summed E-state index contributed by atoms with van der Waals surface area (Å²) in [5.41, 5.74) is 5.03. The molecule has 0 heteroatoms. The van der Waals surface area contributed by atoms with Crippen LogP contribution in [0.2, 0.25) is 0 Å². The molecule has 4 rings (SSSR count). The largest absolute Gasteiger partial charge is 0.0984 e. The highest BCUT2D eigenvalue weighted by atomic mass is 14.2. The average Bonchev–Trinajstić information content (AvgIpc) is 2.79. The Labute approximate surface area is 118 Å². The van der Waals surface area contributed by atoms with E-state index >= 15 is 0 Å². The van der Waals surface area contributed by atoms with E-state index in [1.54, 1.807) is 0 Å². The molecule has 94 valence electrons. The van der Waals surface area contributed by atoms with Gasteiger partial charge >= 0.3 is 0 Å². The Bertz CT molecular complexity index is 975. The number of rotatable bonds is 1. The smallest absolute Gasteiger partial charge is 0.00325 e. The number of benzene rings is 3. The lowest BCUT2D eigenvalue weighted by atomic mass is 9.98. The molecule has 0 fully saturated rings. The molecule has 0 aliphatic heterocycles. The molecular weight excluding hydrogens is 240 g/mol. The van der Waals surface area contributed by atoms with Crippen molar-refractivity contribution in [2.24, 2.45) is 0 Å². The van der Waals surface area contributed by atoms with Gasteiger partial charge in [0.25, 0.3) is 0 Å². The van der Waals surface area contributed by atoms with Gasteiger partial charge < -0.3 is 0 Å². The molecule has 0 spiro atoms. The lowest BCUT2D eigenvalue weighted by Gasteiger charge is -2.06. The summed E-state index contributed by atoms with van der Waals surface area (Å²) in [6.07, 6.45) is 1.95. The minimum absolute atomic E-state index is 1.07. The summed E-state index contributed by atoms with van der Waals surface area (Å²) >= 11 is 0. The van der Waals surface area contributed by atoms with Crippen LogP contribution in [0.3, 0.4) is 0 Å². The second-order valence-electron chi connectivity index (χ2n) is 5.20. The molecule has 0 N–H and O–H groups in total. The standard InChI is InChI=1S/C20H14/c1-3-16-18-11-14-8-4-5-9-15(14)12-19(18)17-10-6-7-13(2)20(16)17/h3-12H,1-2H2. The van der Waals surface area contributed by atoms with Crippen molar-refractivity contribution in [1.29, 1.82) is 0 Å². The van der Waals surface area contributed by atoms with Gasteiger partial charge in [-0.2, -0.15) is 0 Å². The van der Waals surface area contributed by atoms with Gasteiger partial charge in [-0.1, -0.05) is 61.7 Å². The summed E-state index contributed by atoms with van der Waals surface area (Å²) in [6, 6.07) is 19.3. The summed E-state index contributed by atoms with van der Waals surface area (Å²) < 4.78 is 0. The van der Waals surface area contributed by atoms with Crippen molar-refractivity contribution >= 4 is 22.9 Å². The van der Waals surface area contributed by atoms with Crippen molar-refractivity contribution in [2.75, 3.05) is 0 Å². The molecule has 1 aliphatic carbocycles. The lowest BCUT2D eigenvalue weighted by Crippen LogP contribution is -2.24. The van der Waals surface area contributed by atoms with E-state index in [1.807, 2.05) is 6.08 Å². The van der Waals surface area contributed by atoms with Gasteiger partial charge in [0, 0.05) is 0 Å². The van der Waals surface area contributed by atoms with Crippen LogP contribution in [0, 0.1) is 0 Å². The van der Waals surface area contributed by atoms with Crippen LogP contribution in [-0.2, 0) is 0 Å². The summed E-state index contributed by atoms with van der Waals surface area (Å²) in [7, 11) is 0. The summed E-state index contributed by atoms with van der Waals surface area (Å²) in [4.78, 5) is 0. The number of allylic oxidation sites excluding steroid dienone is 1. The van der Waals surface area contributed by atoms with E-state index < -0.39 is 0 Å². The van der Waals surface area contributed by atoms with Crippen LogP contribution >= 0.6 is 0 Å². The molecule has 0 nitrogen and oxygen atoms in total. The monoisotopic (exact) mass is 254 g/mol. The van der Waals surface area contributed by atoms with Gasteiger partial charge in [0.1, 0.15) is 0 Å². The van der Waals surface area contributed by atoms with Crippen molar-refractivity contribution in [3.05, 3.63) is 83.3 Å². The Morgan fingerprint density at radius 3 is 2.15 bits per heavy atom. The molecule has 0 unspecified atom stereocenters. The second kappa shape index (κ2) is 3.94. The van der Waals surface area contributed by atoms with Gasteiger partial charge in [0.05, 0.1) is 0 Å². The first-order chi connectivity index (χ1) is 9.79. The molecule has 0 heterocycles. The normalized spacial score (nSPS) is 12.3. The van der Waals surface area contributed by atoms with Gasteiger partial charge in [-0.25, -0.2) is 0 Å². The molecule has 0 bridgehead atoms. The molecule has 20 heavy (non-hydrogen) atoms. The minimum Gasteiger partial charge on any atom is -0.0984 e. The average molecular weight is 254 g/mol. The SMILES string of the molecule is C=CC1=c2c(cccc2=C)-c2cc3ccccc3cc21. The van der Waals surface area contributed by atoms with Gasteiger partial charge in [-0.05, 0) is 55.6 Å². The molecule has 1 aliphatic rings. The van der Waals surface area contributed by atoms with Gasteiger partial charge in [0.2, 0.25) is 0 Å². The highest BCUT2D eigenvalue weighted by Gasteiger charge is 2.18. The number of hydrogen-bond acceptors (Lipinski definition) is 0. The summed E-state index contributed by atoms with van der Waals surface area (Å²) in [5.74, 6) is 0. The fourth-order valence-electron chi connectivity index (χ4n) is 3.18. The molecule has 3 aromatic rings. The van der Waals surface area contributed by atoms with Crippen molar-refractivity contribution in [2.45, 2.75) is 0 Å². The quantitative estimate of drug-likeness (QED) is 0.622. The van der Waals surface area contributed by atoms with Crippen LogP contribution in [0.25, 0.3) is 34.1 Å². The van der Waals surface area contributed by atoms with E-state index in [0.717, 1.165) is 5.22 Å². The second-order valence-corrected chi connectivity index (χ2v) is 5.20. The first-order valence-corrected chi connectivity index (χ1v) is 6.78. The van der Waals surface area contributed by atoms with Crippen molar-refractivity contribution < 1.29 is 0 Å². The first kappa shape index (κ1) is 11.2. The summed E-state index contributed by atoms with van der Waals surface area (Å²) in [6.45, 7) is 8.17. The molecule has 3 aromatic carbocycles. The van der Waals surface area contributed by atoms with E-state index in [2.05, 4.69) is 67.8 Å². The first-order valence-electron chi connectivity index (χ1n) is 6.78. The molecule has 0 radical (unpaired) electrons. The van der Waals surface area contributed by atoms with E-state index in [4.69, 9.17) is 0 Å². The Morgan fingerprint density at radius 1 is 0.750 bits per heavy atom. The van der Waals surface area contributed by atoms with Crippen LogP contribution < -0.4 is 10.4 Å². The van der Waals surface area contributed by atoms with E-state index in [0.29, 0.717) is 0 Å². The van der Waals surface area contributed by atoms with Gasteiger partial charge in [-0.3, -0.25) is 0 Å². The fraction of sp³-hybridized carbons (Fsp3) is 0. The highest BCUT2D eigenvalue weighted by Crippen LogP contribution is 2.34. The number of hydrogen-bond donors (Lipinski definition) is 0. The van der Waals surface area contributed by atoms with E-state index in [9.17, 15) is 0 Å². The predicted molar refractivity (Wildman–Crippen MR) is 86.9 cm³/mol. The van der Waals surface area contributed by atoms with Crippen molar-refractivity contribution in [3.8, 4) is 11.1 Å². The topological polar surface area (TPSA) is 0 Å². The zero-order valence-corrected chi connectivity index (χ0v) is 11.2. The lowest BCUT2D eigenvalue weighted by molar-refractivity contribution is 1.54. The highest BCUT2D eigenvalue weighted by molar-refractivity contribution is 6.00. The fourth-order valence-corrected chi connectivity index (χ4v) is 3.18. The Hall–Kier alpha value is -2.60. The zero-order valence-electron chi connectivity index (χ0n) is 11.2. The van der Waals surface area contributed by atoms with Crippen molar-refractivity contribution in [3.63, 3.8) is 0 Å². The molecule has 0 saturated carbocycles. The Morgan fingerprint density at radius 2 is 1.45 bits per heavy atom. The molecule has 0 aromatic heterocycles. The van der Waals surface area contributed by atoms with Crippen LogP contribution in [0.15, 0.2) is 67.3 Å². The molecule has 0 atom stereocenters. The van der Waals surface area contributed by atoms with Crippen LogP contribution in [-0.4, -0.2) is 0 Å². The maximum absolute atomic E-state index is 4.17. The molecule has 0 saturated heterocycles. The van der Waals surface area contributed by atoms with Gasteiger partial charge in [0.15, 0.2) is 0 Å². The van der Waals surface area contributed by atoms with E-state index in [1.165, 1.54) is 38.3 Å². The van der Waals surface area contributed by atoms with Crippen LogP contribution in [0.4, 0.5) is 0 Å². The van der Waals surface area contributed by atoms with Gasteiger partial charge in [-0.15, -0.1) is 0 Å². The predicted octanol–water partition coefficient (Wildman–Crippen LogP) is 3.62. The maximum Gasteiger partial charge on any atom is -0.00325 e. The Kier molecular flexibility index (Phi) is 2.22. The Balaban J connectivity index is 2.24. The zero-order chi connectivity index (χ0) is 13.7. The molecular formula is C20H14. The summed E-state index contributed by atoms with van der Waals surface area (Å²) in [5, 5.41) is 4.84. The minimum atomic E-state index is 1.07. The van der Waals surface area contributed by atoms with Crippen molar-refractivity contribution in [1.82, 2.24) is 0 Å². The number of fused-ring (bicyclic) bond motifs is 4. The third-order valence-electron chi connectivity index (χ3n) is 4.09. The molecule has 0 amide bonds. The van der Waals surface area contributed by atoms with Crippen LogP contribution in [0.5, 0.6) is 0 Å². The maximum atomic E-state index is 4.17. The third kappa shape index (κ3) is 1.36. The van der Waals surface area contributed by atoms with E-state index in [-0.39, 0.29) is 0 Å².